The molecule has 10 heteroatoms. The van der Waals surface area contributed by atoms with Gasteiger partial charge in [-0.05, 0) is 37.3 Å². The Hall–Kier alpha value is -2.07. The zero-order valence-electron chi connectivity index (χ0n) is 13.5. The molecule has 2 aliphatic rings. The minimum atomic E-state index is -0.760. The Bertz CT molecular complexity index is 700. The van der Waals surface area contributed by atoms with Gasteiger partial charge in [0.15, 0.2) is 0 Å². The zero-order chi connectivity index (χ0) is 17.8. The van der Waals surface area contributed by atoms with Crippen molar-refractivity contribution < 1.29 is 19.1 Å². The van der Waals surface area contributed by atoms with E-state index in [0.29, 0.717) is 12.0 Å². The van der Waals surface area contributed by atoms with Gasteiger partial charge in [-0.3, -0.25) is 14.9 Å². The average molecular weight is 382 g/mol. The lowest BCUT2D eigenvalue weighted by molar-refractivity contribution is -0.124. The summed E-state index contributed by atoms with van der Waals surface area (Å²) in [5.74, 6) is -0.416. The van der Waals surface area contributed by atoms with Gasteiger partial charge in [0.2, 0.25) is 5.91 Å². The van der Waals surface area contributed by atoms with Gasteiger partial charge >= 0.3 is 6.09 Å². The molecule has 8 nitrogen and oxygen atoms in total. The normalized spacial score (nSPS) is 20.8. The van der Waals surface area contributed by atoms with Gasteiger partial charge < -0.3 is 19.5 Å². The van der Waals surface area contributed by atoms with Crippen LogP contribution in [0.15, 0.2) is 18.2 Å². The molecule has 1 aromatic rings. The van der Waals surface area contributed by atoms with Gasteiger partial charge in [-0.1, -0.05) is 0 Å². The number of rotatable bonds is 4. The molecule has 0 aromatic heterocycles. The standard InChI is InChI=1S/C15H18N4O4S2/c1-2-23-15(22)17-13(21)9-5-6-24-14(9)16-12(20)8-3-4-10-11(7-8)19-25-18-10/h3-4,7,9,14,18-19H,2,5-6H2,1H3,(H,16,20)(H,17,21,22). The van der Waals surface area contributed by atoms with E-state index in [2.05, 4.69) is 20.1 Å². The van der Waals surface area contributed by atoms with Gasteiger partial charge in [-0.2, -0.15) is 0 Å². The molecule has 2 heterocycles. The van der Waals surface area contributed by atoms with Crippen molar-refractivity contribution >= 4 is 53.2 Å². The van der Waals surface area contributed by atoms with Crippen LogP contribution >= 0.6 is 23.9 Å². The number of anilines is 2. The van der Waals surface area contributed by atoms with E-state index in [0.717, 1.165) is 17.1 Å². The molecule has 2 unspecified atom stereocenters. The first kappa shape index (κ1) is 17.7. The van der Waals surface area contributed by atoms with Crippen LogP contribution in [0.25, 0.3) is 0 Å². The van der Waals surface area contributed by atoms with E-state index in [9.17, 15) is 14.4 Å². The average Bonchev–Trinajstić information content (AvgIpc) is 3.22. The van der Waals surface area contributed by atoms with Crippen molar-refractivity contribution in [2.75, 3.05) is 21.8 Å². The van der Waals surface area contributed by atoms with Crippen LogP contribution in [0.4, 0.5) is 16.2 Å². The molecule has 134 valence electrons. The number of ether oxygens (including phenoxy) is 1. The topological polar surface area (TPSA) is 109 Å². The summed E-state index contributed by atoms with van der Waals surface area (Å²) in [5, 5.41) is 4.71. The quantitative estimate of drug-likeness (QED) is 0.587. The third-order valence-electron chi connectivity index (χ3n) is 3.81. The largest absolute Gasteiger partial charge is 0.450 e. The molecule has 2 atom stereocenters. The number of nitrogens with one attached hydrogen (secondary N) is 4. The number of benzene rings is 1. The summed E-state index contributed by atoms with van der Waals surface area (Å²) in [6.07, 6.45) is -0.170. The number of alkyl carbamates (subject to hydrolysis) is 1. The van der Waals surface area contributed by atoms with Crippen LogP contribution in [0.3, 0.4) is 0 Å². The fraction of sp³-hybridized carbons (Fsp3) is 0.400. The van der Waals surface area contributed by atoms with E-state index in [-0.39, 0.29) is 17.9 Å². The Morgan fingerprint density at radius 2 is 2.08 bits per heavy atom. The van der Waals surface area contributed by atoms with E-state index in [1.54, 1.807) is 19.1 Å². The zero-order valence-corrected chi connectivity index (χ0v) is 15.1. The fourth-order valence-electron chi connectivity index (χ4n) is 2.57. The van der Waals surface area contributed by atoms with Crippen molar-refractivity contribution in [3.63, 3.8) is 0 Å². The highest BCUT2D eigenvalue weighted by atomic mass is 32.2. The number of carbonyl (C=O) groups excluding carboxylic acids is 3. The molecule has 4 N–H and O–H groups in total. The molecule has 2 aliphatic heterocycles. The highest BCUT2D eigenvalue weighted by Crippen LogP contribution is 2.34. The van der Waals surface area contributed by atoms with Crippen LogP contribution in [0.5, 0.6) is 0 Å². The van der Waals surface area contributed by atoms with E-state index in [1.807, 2.05) is 6.07 Å². The lowest BCUT2D eigenvalue weighted by atomic mass is 10.1. The first-order valence-electron chi connectivity index (χ1n) is 7.80. The lowest BCUT2D eigenvalue weighted by Gasteiger charge is -2.19. The maximum Gasteiger partial charge on any atom is 0.413 e. The maximum atomic E-state index is 12.5. The van der Waals surface area contributed by atoms with E-state index in [1.165, 1.54) is 23.9 Å². The second kappa shape index (κ2) is 7.87. The summed E-state index contributed by atoms with van der Waals surface area (Å²) < 4.78 is 10.8. The van der Waals surface area contributed by atoms with Crippen molar-refractivity contribution in [3.8, 4) is 0 Å². The van der Waals surface area contributed by atoms with Crippen molar-refractivity contribution in [3.05, 3.63) is 23.8 Å². The van der Waals surface area contributed by atoms with Gasteiger partial charge in [-0.15, -0.1) is 11.8 Å². The Balaban J connectivity index is 1.62. The van der Waals surface area contributed by atoms with Crippen LogP contribution in [-0.2, 0) is 9.53 Å². The van der Waals surface area contributed by atoms with Gasteiger partial charge in [0.25, 0.3) is 5.91 Å². The van der Waals surface area contributed by atoms with Gasteiger partial charge in [-0.25, -0.2) is 4.79 Å². The van der Waals surface area contributed by atoms with Crippen molar-refractivity contribution in [1.82, 2.24) is 10.6 Å². The maximum absolute atomic E-state index is 12.5. The number of hydrogen-bond acceptors (Lipinski definition) is 8. The monoisotopic (exact) mass is 382 g/mol. The minimum absolute atomic E-state index is 0.193. The molecule has 1 fully saturated rings. The molecule has 0 saturated carbocycles. The lowest BCUT2D eigenvalue weighted by Crippen LogP contribution is -2.44. The molecule has 0 spiro atoms. The molecular formula is C15H18N4O4S2. The predicted octanol–water partition coefficient (Wildman–Crippen LogP) is 2.17. The van der Waals surface area contributed by atoms with E-state index in [4.69, 9.17) is 4.74 Å². The number of amides is 3. The summed E-state index contributed by atoms with van der Waals surface area (Å²) in [6.45, 7) is 1.86. The number of thioether (sulfide) groups is 1. The van der Waals surface area contributed by atoms with Crippen molar-refractivity contribution in [2.45, 2.75) is 18.7 Å². The fourth-order valence-corrected chi connectivity index (χ4v) is 4.51. The van der Waals surface area contributed by atoms with Gasteiger partial charge in [0, 0.05) is 5.56 Å². The molecule has 1 aromatic carbocycles. The third-order valence-corrected chi connectivity index (χ3v) is 5.73. The van der Waals surface area contributed by atoms with Gasteiger partial charge in [0.05, 0.1) is 41.4 Å². The Morgan fingerprint density at radius 3 is 2.88 bits per heavy atom. The number of carbonyl (C=O) groups is 3. The Morgan fingerprint density at radius 1 is 1.28 bits per heavy atom. The Kier molecular flexibility index (Phi) is 5.59. The van der Waals surface area contributed by atoms with Crippen LogP contribution in [-0.4, -0.2) is 35.6 Å². The molecule has 0 radical (unpaired) electrons. The highest BCUT2D eigenvalue weighted by molar-refractivity contribution is 8.02. The molecule has 0 aliphatic carbocycles. The summed E-state index contributed by atoms with van der Waals surface area (Å²) in [4.78, 5) is 36.1. The van der Waals surface area contributed by atoms with Crippen LogP contribution < -0.4 is 20.1 Å². The third kappa shape index (κ3) is 4.13. The first-order chi connectivity index (χ1) is 12.1. The van der Waals surface area contributed by atoms with Crippen LogP contribution in [0, 0.1) is 5.92 Å². The smallest absolute Gasteiger partial charge is 0.413 e. The first-order valence-corrected chi connectivity index (χ1v) is 9.67. The van der Waals surface area contributed by atoms with Crippen LogP contribution in [0.2, 0.25) is 0 Å². The number of fused-ring (bicyclic) bond motifs is 1. The van der Waals surface area contributed by atoms with E-state index < -0.39 is 17.9 Å². The van der Waals surface area contributed by atoms with Crippen molar-refractivity contribution in [1.29, 1.82) is 0 Å². The highest BCUT2D eigenvalue weighted by Gasteiger charge is 2.36. The second-order valence-corrected chi connectivity index (χ2v) is 7.30. The molecule has 3 rings (SSSR count). The minimum Gasteiger partial charge on any atom is -0.450 e. The molecule has 3 amide bonds. The molecule has 1 saturated heterocycles. The molecular weight excluding hydrogens is 364 g/mol. The van der Waals surface area contributed by atoms with Crippen LogP contribution in [0.1, 0.15) is 23.7 Å². The predicted molar refractivity (Wildman–Crippen MR) is 98.3 cm³/mol. The summed E-state index contributed by atoms with van der Waals surface area (Å²) in [7, 11) is 0. The number of hydrogen-bond donors (Lipinski definition) is 4. The van der Waals surface area contributed by atoms with Gasteiger partial charge in [0.1, 0.15) is 0 Å². The molecule has 25 heavy (non-hydrogen) atoms. The summed E-state index contributed by atoms with van der Waals surface area (Å²) in [5.41, 5.74) is 2.27. The number of imide groups is 1. The SMILES string of the molecule is CCOC(=O)NC(=O)C1CCSC1NC(=O)c1ccc2c(c1)NSN2. The molecule has 0 bridgehead atoms. The second-order valence-electron chi connectivity index (χ2n) is 5.44. The summed E-state index contributed by atoms with van der Waals surface area (Å²) >= 11 is 2.83. The summed E-state index contributed by atoms with van der Waals surface area (Å²) in [6, 6.07) is 5.30. The van der Waals surface area contributed by atoms with E-state index >= 15 is 0 Å². The van der Waals surface area contributed by atoms with Crippen molar-refractivity contribution in [2.24, 2.45) is 5.92 Å². The Labute approximate surface area is 153 Å².